The van der Waals surface area contributed by atoms with Gasteiger partial charge in [0.1, 0.15) is 11.5 Å². The van der Waals surface area contributed by atoms with Gasteiger partial charge < -0.3 is 16.0 Å². The van der Waals surface area contributed by atoms with Crippen LogP contribution >= 0.6 is 11.6 Å². The predicted octanol–water partition coefficient (Wildman–Crippen LogP) is 5.29. The summed E-state index contributed by atoms with van der Waals surface area (Å²) < 4.78 is 41.1. The molecule has 11 heteroatoms. The van der Waals surface area contributed by atoms with E-state index < -0.39 is 17.6 Å². The molecule has 39 heavy (non-hydrogen) atoms. The van der Waals surface area contributed by atoms with Gasteiger partial charge in [-0.3, -0.25) is 4.79 Å². The number of amides is 1. The molecule has 200 valence electrons. The molecule has 0 spiro atoms. The van der Waals surface area contributed by atoms with Crippen LogP contribution in [0.15, 0.2) is 54.7 Å². The lowest BCUT2D eigenvalue weighted by atomic mass is 10.0. The van der Waals surface area contributed by atoms with Gasteiger partial charge in [-0.15, -0.1) is 5.10 Å². The Morgan fingerprint density at radius 1 is 1.18 bits per heavy atom. The molecule has 1 fully saturated rings. The van der Waals surface area contributed by atoms with Crippen molar-refractivity contribution in [2.75, 3.05) is 23.3 Å². The summed E-state index contributed by atoms with van der Waals surface area (Å²) in [5.74, 6) is 6.38. The molecule has 0 aliphatic carbocycles. The zero-order chi connectivity index (χ0) is 27.7. The molecule has 1 aliphatic rings. The quantitative estimate of drug-likeness (QED) is 0.337. The molecule has 4 aromatic rings. The summed E-state index contributed by atoms with van der Waals surface area (Å²) in [6.45, 7) is 3.33. The second-order valence-electron chi connectivity index (χ2n) is 9.36. The third kappa shape index (κ3) is 5.85. The SMILES string of the molecule is Cc1c(C#Cc2cnc3ccc(N4CCC[C@@H](N)C4)nn23)cccc1C(=O)Nc1cc(Cl)cc(C(F)(F)F)c1. The standard InChI is InChI=1S/C28H24ClF3N6O/c1-17-18(4-2-6-24(17)27(39)35-22-13-19(28(30,31)32)12-20(29)14-22)7-8-23-15-34-25-9-10-26(36-38(23)25)37-11-3-5-21(33)16-37/h2,4,6,9-10,12-15,21H,3,5,11,16,33H2,1H3,(H,35,39)/t21-/m1/s1. The molecular formula is C28H24ClF3N6O. The molecule has 0 unspecified atom stereocenters. The third-order valence-corrected chi connectivity index (χ3v) is 6.73. The highest BCUT2D eigenvalue weighted by Crippen LogP contribution is 2.33. The van der Waals surface area contributed by atoms with Gasteiger partial charge in [0.2, 0.25) is 0 Å². The zero-order valence-corrected chi connectivity index (χ0v) is 21.6. The Bertz CT molecular complexity index is 1620. The zero-order valence-electron chi connectivity index (χ0n) is 20.9. The molecule has 1 aliphatic heterocycles. The fraction of sp³-hybridized carbons (Fsp3) is 0.250. The molecule has 3 heterocycles. The van der Waals surface area contributed by atoms with Crippen LogP contribution in [0.1, 0.15) is 45.6 Å². The van der Waals surface area contributed by atoms with E-state index in [1.54, 1.807) is 35.8 Å². The topological polar surface area (TPSA) is 88.6 Å². The number of alkyl halides is 3. The van der Waals surface area contributed by atoms with Gasteiger partial charge in [-0.05, 0) is 73.7 Å². The van der Waals surface area contributed by atoms with Crippen molar-refractivity contribution in [3.8, 4) is 11.8 Å². The number of nitrogens with one attached hydrogen (secondary N) is 1. The lowest BCUT2D eigenvalue weighted by Crippen LogP contribution is -2.43. The van der Waals surface area contributed by atoms with Crippen LogP contribution < -0.4 is 16.0 Å². The maximum absolute atomic E-state index is 13.2. The summed E-state index contributed by atoms with van der Waals surface area (Å²) in [5, 5.41) is 7.09. The van der Waals surface area contributed by atoms with E-state index in [1.807, 2.05) is 12.1 Å². The number of carbonyl (C=O) groups is 1. The molecule has 5 rings (SSSR count). The second-order valence-corrected chi connectivity index (χ2v) is 9.80. The Labute approximate surface area is 227 Å². The molecule has 2 aromatic heterocycles. The molecule has 2 aromatic carbocycles. The van der Waals surface area contributed by atoms with E-state index in [9.17, 15) is 18.0 Å². The molecule has 0 saturated carbocycles. The predicted molar refractivity (Wildman–Crippen MR) is 144 cm³/mol. The number of halogens is 4. The second kappa shape index (κ2) is 10.6. The van der Waals surface area contributed by atoms with Gasteiger partial charge in [0, 0.05) is 41.0 Å². The number of carbonyl (C=O) groups excluding carboxylic acids is 1. The maximum Gasteiger partial charge on any atom is 0.416 e. The van der Waals surface area contributed by atoms with E-state index in [4.69, 9.17) is 22.4 Å². The third-order valence-electron chi connectivity index (χ3n) is 6.52. The van der Waals surface area contributed by atoms with Crippen LogP contribution in [0, 0.1) is 18.8 Å². The smallest absolute Gasteiger partial charge is 0.354 e. The van der Waals surface area contributed by atoms with Gasteiger partial charge in [-0.1, -0.05) is 23.6 Å². The lowest BCUT2D eigenvalue weighted by molar-refractivity contribution is -0.137. The number of anilines is 2. The van der Waals surface area contributed by atoms with Gasteiger partial charge in [-0.25, -0.2) is 9.50 Å². The highest BCUT2D eigenvalue weighted by molar-refractivity contribution is 6.31. The van der Waals surface area contributed by atoms with Crippen molar-refractivity contribution in [1.82, 2.24) is 14.6 Å². The number of rotatable bonds is 3. The highest BCUT2D eigenvalue weighted by Gasteiger charge is 2.31. The largest absolute Gasteiger partial charge is 0.416 e. The number of imidazole rings is 1. The van der Waals surface area contributed by atoms with Crippen LogP contribution in [-0.2, 0) is 6.18 Å². The maximum atomic E-state index is 13.2. The van der Waals surface area contributed by atoms with Gasteiger partial charge in [0.25, 0.3) is 5.91 Å². The van der Waals surface area contributed by atoms with Crippen molar-refractivity contribution in [3.63, 3.8) is 0 Å². The van der Waals surface area contributed by atoms with E-state index >= 15 is 0 Å². The number of fused-ring (bicyclic) bond motifs is 1. The van der Waals surface area contributed by atoms with Crippen LogP contribution in [-0.4, -0.2) is 39.6 Å². The molecule has 0 bridgehead atoms. The summed E-state index contributed by atoms with van der Waals surface area (Å²) >= 11 is 5.84. The van der Waals surface area contributed by atoms with Crippen LogP contribution in [0.3, 0.4) is 0 Å². The molecule has 7 nitrogen and oxygen atoms in total. The molecule has 1 atom stereocenters. The van der Waals surface area contributed by atoms with E-state index in [0.29, 0.717) is 22.5 Å². The average molecular weight is 553 g/mol. The highest BCUT2D eigenvalue weighted by atomic mass is 35.5. The fourth-order valence-corrected chi connectivity index (χ4v) is 4.74. The number of piperidine rings is 1. The minimum atomic E-state index is -4.59. The Balaban J connectivity index is 1.40. The van der Waals surface area contributed by atoms with Crippen molar-refractivity contribution >= 4 is 34.7 Å². The molecular weight excluding hydrogens is 529 g/mol. The number of hydrogen-bond acceptors (Lipinski definition) is 5. The summed E-state index contributed by atoms with van der Waals surface area (Å²) in [6, 6.07) is 11.8. The lowest BCUT2D eigenvalue weighted by Gasteiger charge is -2.31. The van der Waals surface area contributed by atoms with Crippen LogP contribution in [0.2, 0.25) is 5.02 Å². The minimum Gasteiger partial charge on any atom is -0.354 e. The molecule has 3 N–H and O–H groups in total. The number of aromatic nitrogens is 3. The molecule has 1 amide bonds. The van der Waals surface area contributed by atoms with Crippen molar-refractivity contribution in [2.45, 2.75) is 32.0 Å². The normalized spacial score (nSPS) is 15.6. The molecule has 0 radical (unpaired) electrons. The fourth-order valence-electron chi connectivity index (χ4n) is 4.51. The van der Waals surface area contributed by atoms with Crippen LogP contribution in [0.25, 0.3) is 5.65 Å². The number of benzene rings is 2. The Morgan fingerprint density at radius 3 is 2.77 bits per heavy atom. The summed E-state index contributed by atoms with van der Waals surface area (Å²) in [5.41, 5.74) is 7.77. The Kier molecular flexibility index (Phi) is 7.21. The number of nitrogens with two attached hydrogens (primary N) is 1. The summed E-state index contributed by atoms with van der Waals surface area (Å²) in [7, 11) is 0. The van der Waals surface area contributed by atoms with Gasteiger partial charge in [-0.2, -0.15) is 13.2 Å². The monoisotopic (exact) mass is 552 g/mol. The summed E-state index contributed by atoms with van der Waals surface area (Å²) in [6.07, 6.45) is -0.972. The van der Waals surface area contributed by atoms with Crippen LogP contribution in [0.4, 0.5) is 24.7 Å². The Hall–Kier alpha value is -4.07. The van der Waals surface area contributed by atoms with Gasteiger partial charge in [0.15, 0.2) is 5.65 Å². The van der Waals surface area contributed by atoms with Crippen LogP contribution in [0.5, 0.6) is 0 Å². The van der Waals surface area contributed by atoms with Crippen molar-refractivity contribution in [2.24, 2.45) is 5.73 Å². The summed E-state index contributed by atoms with van der Waals surface area (Å²) in [4.78, 5) is 19.5. The van der Waals surface area contributed by atoms with E-state index in [2.05, 4.69) is 27.0 Å². The van der Waals surface area contributed by atoms with Crippen molar-refractivity contribution in [3.05, 3.63) is 87.7 Å². The van der Waals surface area contributed by atoms with Crippen molar-refractivity contribution in [1.29, 1.82) is 0 Å². The first kappa shape index (κ1) is 26.5. The molecule has 1 saturated heterocycles. The first-order valence-electron chi connectivity index (χ1n) is 12.2. The first-order chi connectivity index (χ1) is 18.6. The number of hydrogen-bond donors (Lipinski definition) is 2. The average Bonchev–Trinajstić information content (AvgIpc) is 3.29. The van der Waals surface area contributed by atoms with E-state index in [0.717, 1.165) is 43.9 Å². The van der Waals surface area contributed by atoms with Crippen molar-refractivity contribution < 1.29 is 18.0 Å². The van der Waals surface area contributed by atoms with Gasteiger partial charge in [0.05, 0.1) is 11.8 Å². The van der Waals surface area contributed by atoms with E-state index in [-0.39, 0.29) is 22.3 Å². The van der Waals surface area contributed by atoms with E-state index in [1.165, 1.54) is 6.07 Å². The number of nitrogens with zero attached hydrogens (tertiary/aromatic N) is 4. The first-order valence-corrected chi connectivity index (χ1v) is 12.6. The minimum absolute atomic E-state index is 0.0574. The Morgan fingerprint density at radius 2 is 2.00 bits per heavy atom. The van der Waals surface area contributed by atoms with Gasteiger partial charge >= 0.3 is 6.18 Å².